The Hall–Kier alpha value is -1.77. The predicted molar refractivity (Wildman–Crippen MR) is 92.5 cm³/mol. The summed E-state index contributed by atoms with van der Waals surface area (Å²) in [7, 11) is -3.18. The van der Waals surface area contributed by atoms with Crippen molar-refractivity contribution >= 4 is 27.4 Å². The lowest BCUT2D eigenvalue weighted by Gasteiger charge is -2.36. The van der Waals surface area contributed by atoms with Gasteiger partial charge >= 0.3 is 0 Å². The first-order valence-corrected chi connectivity index (χ1v) is 9.64. The van der Waals surface area contributed by atoms with E-state index in [1.54, 1.807) is 31.2 Å². The Kier molecular flexibility index (Phi) is 5.74. The molecule has 2 rings (SSSR count). The van der Waals surface area contributed by atoms with Gasteiger partial charge < -0.3 is 5.32 Å². The minimum Gasteiger partial charge on any atom is -0.325 e. The van der Waals surface area contributed by atoms with Crippen molar-refractivity contribution in [1.29, 1.82) is 0 Å². The highest BCUT2D eigenvalue weighted by Crippen LogP contribution is 2.13. The second-order valence-electron chi connectivity index (χ2n) is 6.00. The van der Waals surface area contributed by atoms with Gasteiger partial charge in [-0.15, -0.1) is 0 Å². The Bertz CT molecular complexity index is 707. The number of piperazine rings is 1. The molecular weight excluding hydrogens is 330 g/mol. The minimum absolute atomic E-state index is 0.0232. The van der Waals surface area contributed by atoms with Gasteiger partial charge in [0, 0.05) is 37.4 Å². The number of Topliss-reactive ketones (excluding diaryl/α,β-unsaturated/α-hetero) is 1. The van der Waals surface area contributed by atoms with E-state index in [2.05, 4.69) is 5.32 Å². The summed E-state index contributed by atoms with van der Waals surface area (Å²) in [5, 5.41) is 2.82. The van der Waals surface area contributed by atoms with Crippen LogP contribution in [0.5, 0.6) is 0 Å². The normalized spacial score (nSPS) is 18.1. The van der Waals surface area contributed by atoms with E-state index in [4.69, 9.17) is 0 Å². The molecule has 1 heterocycles. The zero-order valence-corrected chi connectivity index (χ0v) is 15.0. The molecule has 1 aromatic rings. The lowest BCUT2D eigenvalue weighted by molar-refractivity contribution is -0.121. The molecule has 1 aromatic carbocycles. The van der Waals surface area contributed by atoms with Crippen molar-refractivity contribution in [2.24, 2.45) is 0 Å². The molecule has 1 saturated heterocycles. The van der Waals surface area contributed by atoms with Crippen molar-refractivity contribution < 1.29 is 18.0 Å². The van der Waals surface area contributed by atoms with E-state index in [9.17, 15) is 18.0 Å². The van der Waals surface area contributed by atoms with Crippen LogP contribution in [-0.4, -0.2) is 67.8 Å². The van der Waals surface area contributed by atoms with Gasteiger partial charge in [0.2, 0.25) is 15.9 Å². The topological polar surface area (TPSA) is 86.8 Å². The second kappa shape index (κ2) is 7.42. The maximum atomic E-state index is 12.4. The molecule has 1 amide bonds. The van der Waals surface area contributed by atoms with Crippen LogP contribution < -0.4 is 5.32 Å². The van der Waals surface area contributed by atoms with E-state index >= 15 is 0 Å². The van der Waals surface area contributed by atoms with Crippen molar-refractivity contribution in [2.45, 2.75) is 19.9 Å². The quantitative estimate of drug-likeness (QED) is 0.791. The molecule has 0 aliphatic carbocycles. The Morgan fingerprint density at radius 1 is 1.08 bits per heavy atom. The molecule has 1 fully saturated rings. The molecule has 24 heavy (non-hydrogen) atoms. The van der Waals surface area contributed by atoms with Crippen LogP contribution in [-0.2, 0) is 14.8 Å². The van der Waals surface area contributed by atoms with Gasteiger partial charge in [0.1, 0.15) is 0 Å². The second-order valence-corrected chi connectivity index (χ2v) is 7.98. The molecule has 0 aromatic heterocycles. The molecule has 0 unspecified atom stereocenters. The zero-order chi connectivity index (χ0) is 17.9. The minimum atomic E-state index is -3.18. The van der Waals surface area contributed by atoms with Crippen molar-refractivity contribution in [2.75, 3.05) is 37.8 Å². The summed E-state index contributed by atoms with van der Waals surface area (Å²) in [5.74, 6) is -0.177. The van der Waals surface area contributed by atoms with Crippen LogP contribution in [0.2, 0.25) is 0 Å². The summed E-state index contributed by atoms with van der Waals surface area (Å²) >= 11 is 0. The summed E-state index contributed by atoms with van der Waals surface area (Å²) in [6.45, 7) is 5.12. The molecule has 7 nitrogen and oxygen atoms in total. The Morgan fingerprint density at radius 2 is 1.62 bits per heavy atom. The number of nitrogens with zero attached hydrogens (tertiary/aromatic N) is 2. The zero-order valence-electron chi connectivity index (χ0n) is 14.2. The summed E-state index contributed by atoms with van der Waals surface area (Å²) in [6, 6.07) is 6.38. The van der Waals surface area contributed by atoms with Gasteiger partial charge in [-0.25, -0.2) is 8.42 Å². The SMILES string of the molecule is CC(=O)c1ccc(NC(=O)[C@H](C)N2CCN(S(C)(=O)=O)CC2)cc1. The molecule has 1 N–H and O–H groups in total. The molecule has 0 saturated carbocycles. The lowest BCUT2D eigenvalue weighted by atomic mass is 10.1. The third-order valence-corrected chi connectivity index (χ3v) is 5.53. The van der Waals surface area contributed by atoms with Gasteiger partial charge in [0.25, 0.3) is 0 Å². The van der Waals surface area contributed by atoms with Crippen LogP contribution >= 0.6 is 0 Å². The maximum absolute atomic E-state index is 12.4. The molecule has 1 aliphatic rings. The van der Waals surface area contributed by atoms with E-state index in [0.717, 1.165) is 0 Å². The fourth-order valence-electron chi connectivity index (χ4n) is 2.62. The van der Waals surface area contributed by atoms with Crippen molar-refractivity contribution in [1.82, 2.24) is 9.21 Å². The van der Waals surface area contributed by atoms with E-state index in [1.807, 2.05) is 4.90 Å². The Balaban J connectivity index is 1.92. The number of hydrogen-bond donors (Lipinski definition) is 1. The van der Waals surface area contributed by atoms with Crippen LogP contribution in [0.15, 0.2) is 24.3 Å². The molecular formula is C16H23N3O4S. The first-order valence-electron chi connectivity index (χ1n) is 7.79. The molecule has 8 heteroatoms. The summed E-state index contributed by atoms with van der Waals surface area (Å²) in [5.41, 5.74) is 1.23. The van der Waals surface area contributed by atoms with Crippen LogP contribution in [0.25, 0.3) is 0 Å². The predicted octanol–water partition coefficient (Wildman–Crippen LogP) is 0.793. The van der Waals surface area contributed by atoms with Crippen molar-refractivity contribution in [3.63, 3.8) is 0 Å². The molecule has 1 atom stereocenters. The fourth-order valence-corrected chi connectivity index (χ4v) is 3.45. The summed E-state index contributed by atoms with van der Waals surface area (Å²) in [4.78, 5) is 25.6. The average Bonchev–Trinajstić information content (AvgIpc) is 2.54. The first-order chi connectivity index (χ1) is 11.2. The number of carbonyl (C=O) groups excluding carboxylic acids is 2. The lowest BCUT2D eigenvalue weighted by Crippen LogP contribution is -2.53. The van der Waals surface area contributed by atoms with Crippen molar-refractivity contribution in [3.8, 4) is 0 Å². The monoisotopic (exact) mass is 353 g/mol. The highest BCUT2D eigenvalue weighted by atomic mass is 32.2. The number of carbonyl (C=O) groups is 2. The molecule has 0 spiro atoms. The number of hydrogen-bond acceptors (Lipinski definition) is 5. The number of anilines is 1. The van der Waals surface area contributed by atoms with E-state index in [0.29, 0.717) is 37.4 Å². The number of sulfonamides is 1. The number of rotatable bonds is 5. The fraction of sp³-hybridized carbons (Fsp3) is 0.500. The van der Waals surface area contributed by atoms with E-state index < -0.39 is 10.0 Å². The van der Waals surface area contributed by atoms with E-state index in [1.165, 1.54) is 17.5 Å². The standard InChI is InChI=1S/C16H23N3O4S/c1-12(18-8-10-19(11-9-18)24(3,22)23)16(21)17-15-6-4-14(5-7-15)13(2)20/h4-7,12H,8-11H2,1-3H3,(H,17,21)/t12-/m0/s1. The maximum Gasteiger partial charge on any atom is 0.241 e. The largest absolute Gasteiger partial charge is 0.325 e. The van der Waals surface area contributed by atoms with Crippen LogP contribution in [0.3, 0.4) is 0 Å². The van der Waals surface area contributed by atoms with Gasteiger partial charge in [-0.2, -0.15) is 4.31 Å². The van der Waals surface area contributed by atoms with Crippen LogP contribution in [0.1, 0.15) is 24.2 Å². The van der Waals surface area contributed by atoms with Gasteiger partial charge in [-0.3, -0.25) is 14.5 Å². The van der Waals surface area contributed by atoms with Gasteiger partial charge in [0.15, 0.2) is 5.78 Å². The smallest absolute Gasteiger partial charge is 0.241 e. The van der Waals surface area contributed by atoms with Gasteiger partial charge in [-0.1, -0.05) is 0 Å². The molecule has 132 valence electrons. The third kappa shape index (κ3) is 4.62. The third-order valence-electron chi connectivity index (χ3n) is 4.23. The van der Waals surface area contributed by atoms with Gasteiger partial charge in [0.05, 0.1) is 12.3 Å². The van der Waals surface area contributed by atoms with Crippen LogP contribution in [0.4, 0.5) is 5.69 Å². The molecule has 1 aliphatic heterocycles. The van der Waals surface area contributed by atoms with Gasteiger partial charge in [-0.05, 0) is 38.1 Å². The summed E-state index contributed by atoms with van der Waals surface area (Å²) in [6.07, 6.45) is 1.20. The Morgan fingerprint density at radius 3 is 2.08 bits per heavy atom. The van der Waals surface area contributed by atoms with Crippen molar-refractivity contribution in [3.05, 3.63) is 29.8 Å². The average molecular weight is 353 g/mol. The number of amides is 1. The molecule has 0 bridgehead atoms. The Labute approximate surface area is 142 Å². The number of benzene rings is 1. The molecule has 0 radical (unpaired) electrons. The number of nitrogens with one attached hydrogen (secondary N) is 1. The first kappa shape index (κ1) is 18.6. The van der Waals surface area contributed by atoms with Crippen LogP contribution in [0, 0.1) is 0 Å². The van der Waals surface area contributed by atoms with E-state index in [-0.39, 0.29) is 17.7 Å². The summed E-state index contributed by atoms with van der Waals surface area (Å²) < 4.78 is 24.5. The highest BCUT2D eigenvalue weighted by molar-refractivity contribution is 7.88. The number of ketones is 1. The highest BCUT2D eigenvalue weighted by Gasteiger charge is 2.28.